The molecular weight excluding hydrogens is 344 g/mol. The fourth-order valence-corrected chi connectivity index (χ4v) is 2.34. The summed E-state index contributed by atoms with van der Waals surface area (Å²) in [7, 11) is 0. The number of ether oxygens (including phenoxy) is 1. The van der Waals surface area contributed by atoms with Crippen molar-refractivity contribution in [2.75, 3.05) is 18.5 Å². The highest BCUT2D eigenvalue weighted by atomic mass is 32.1. The van der Waals surface area contributed by atoms with Crippen LogP contribution < -0.4 is 15.4 Å². The number of nitrogens with one attached hydrogen (secondary N) is 2. The molecule has 1 heterocycles. The first-order valence-corrected chi connectivity index (χ1v) is 7.76. The minimum absolute atomic E-state index is 0.113. The quantitative estimate of drug-likeness (QED) is 0.592. The highest BCUT2D eigenvalue weighted by molar-refractivity contribution is 7.80. The first-order valence-electron chi connectivity index (χ1n) is 7.35. The average molecular weight is 358 g/mol. The van der Waals surface area contributed by atoms with Crippen molar-refractivity contribution in [3.63, 3.8) is 0 Å². The van der Waals surface area contributed by atoms with Gasteiger partial charge in [-0.3, -0.25) is 10.1 Å². The molecule has 0 saturated carbocycles. The Labute approximate surface area is 147 Å². The third kappa shape index (κ3) is 3.90. The Kier molecular flexibility index (Phi) is 5.17. The predicted molar refractivity (Wildman–Crippen MR) is 94.5 cm³/mol. The molecule has 0 aliphatic heterocycles. The van der Waals surface area contributed by atoms with Crippen molar-refractivity contribution in [3.8, 4) is 5.75 Å². The van der Waals surface area contributed by atoms with Gasteiger partial charge in [0.2, 0.25) is 0 Å². The number of anilines is 1. The Morgan fingerprint density at radius 1 is 1.16 bits per heavy atom. The number of aromatic nitrogens is 2. The van der Waals surface area contributed by atoms with Crippen LogP contribution in [0.1, 0.15) is 10.4 Å². The summed E-state index contributed by atoms with van der Waals surface area (Å²) >= 11 is 5.17. The Balaban J connectivity index is 1.73. The van der Waals surface area contributed by atoms with E-state index in [0.717, 1.165) is 0 Å². The largest absolute Gasteiger partial charge is 0.489 e. The second-order valence-corrected chi connectivity index (χ2v) is 5.33. The maximum Gasteiger partial charge on any atom is 0.257 e. The Morgan fingerprint density at radius 3 is 2.68 bits per heavy atom. The fourth-order valence-electron chi connectivity index (χ4n) is 2.14. The van der Waals surface area contributed by atoms with E-state index >= 15 is 0 Å². The first-order chi connectivity index (χ1) is 12.2. The standard InChI is InChI=1S/C16H14N4O4S/c21-8-9-23-12-7-6-11(13-14(12)20-24-19-13)17-16(25)18-15(22)10-4-2-1-3-5-10/h1-7,21H,8-9H2,(H2,17,18,22,25). The van der Waals surface area contributed by atoms with Gasteiger partial charge in [0.1, 0.15) is 6.61 Å². The molecule has 25 heavy (non-hydrogen) atoms. The molecule has 0 atom stereocenters. The highest BCUT2D eigenvalue weighted by Crippen LogP contribution is 2.28. The highest BCUT2D eigenvalue weighted by Gasteiger charge is 2.15. The van der Waals surface area contributed by atoms with E-state index in [2.05, 4.69) is 20.9 Å². The monoisotopic (exact) mass is 358 g/mol. The van der Waals surface area contributed by atoms with Gasteiger partial charge in [0.15, 0.2) is 21.9 Å². The van der Waals surface area contributed by atoms with Crippen molar-refractivity contribution in [2.45, 2.75) is 0 Å². The minimum atomic E-state index is -0.324. The predicted octanol–water partition coefficient (Wildman–Crippen LogP) is 1.72. The van der Waals surface area contributed by atoms with E-state index in [0.29, 0.717) is 28.0 Å². The van der Waals surface area contributed by atoms with Gasteiger partial charge in [0.05, 0.1) is 12.3 Å². The van der Waals surface area contributed by atoms with Crippen molar-refractivity contribution in [1.29, 1.82) is 0 Å². The number of hydrogen-bond donors (Lipinski definition) is 3. The van der Waals surface area contributed by atoms with E-state index in [4.69, 9.17) is 26.7 Å². The number of aliphatic hydroxyl groups is 1. The fraction of sp³-hybridized carbons (Fsp3) is 0.125. The third-order valence-corrected chi connectivity index (χ3v) is 3.44. The van der Waals surface area contributed by atoms with Crippen LogP contribution in [0.3, 0.4) is 0 Å². The average Bonchev–Trinajstić information content (AvgIpc) is 3.12. The molecule has 1 aromatic heterocycles. The van der Waals surface area contributed by atoms with Gasteiger partial charge in [-0.25, -0.2) is 4.63 Å². The zero-order valence-corrected chi connectivity index (χ0v) is 13.7. The van der Waals surface area contributed by atoms with Crippen molar-refractivity contribution >= 4 is 40.0 Å². The molecule has 0 radical (unpaired) electrons. The number of fused-ring (bicyclic) bond motifs is 1. The van der Waals surface area contributed by atoms with Crippen molar-refractivity contribution < 1.29 is 19.3 Å². The summed E-state index contributed by atoms with van der Waals surface area (Å²) in [4.78, 5) is 12.1. The lowest BCUT2D eigenvalue weighted by Crippen LogP contribution is -2.34. The summed E-state index contributed by atoms with van der Waals surface area (Å²) in [5, 5.41) is 22.0. The molecule has 0 bridgehead atoms. The molecule has 0 saturated heterocycles. The van der Waals surface area contributed by atoms with E-state index in [1.807, 2.05) is 6.07 Å². The number of benzene rings is 2. The number of hydrogen-bond acceptors (Lipinski definition) is 7. The summed E-state index contributed by atoms with van der Waals surface area (Å²) < 4.78 is 10.1. The summed E-state index contributed by atoms with van der Waals surface area (Å²) in [6.07, 6.45) is 0. The van der Waals surface area contributed by atoms with Crippen molar-refractivity contribution in [3.05, 3.63) is 48.0 Å². The summed E-state index contributed by atoms with van der Waals surface area (Å²) in [6.45, 7) is 0.00264. The summed E-state index contributed by atoms with van der Waals surface area (Å²) in [5.74, 6) is 0.102. The van der Waals surface area contributed by atoms with Crippen LogP contribution in [-0.2, 0) is 0 Å². The SMILES string of the molecule is O=C(NC(=S)Nc1ccc(OCCO)c2nonc12)c1ccccc1. The first kappa shape index (κ1) is 16.8. The van der Waals surface area contributed by atoms with E-state index in [1.165, 1.54) is 0 Å². The molecular formula is C16H14N4O4S. The Hall–Kier alpha value is -3.04. The second-order valence-electron chi connectivity index (χ2n) is 4.92. The van der Waals surface area contributed by atoms with Gasteiger partial charge in [-0.05, 0) is 46.8 Å². The van der Waals surface area contributed by atoms with Crippen LogP contribution in [0.25, 0.3) is 11.0 Å². The Morgan fingerprint density at radius 2 is 1.92 bits per heavy atom. The molecule has 8 nitrogen and oxygen atoms in total. The zero-order valence-electron chi connectivity index (χ0n) is 12.9. The van der Waals surface area contributed by atoms with E-state index in [9.17, 15) is 4.79 Å². The van der Waals surface area contributed by atoms with Gasteiger partial charge in [-0.2, -0.15) is 0 Å². The van der Waals surface area contributed by atoms with Crippen LogP contribution in [-0.4, -0.2) is 39.7 Å². The molecule has 1 amide bonds. The molecule has 0 aliphatic carbocycles. The normalized spacial score (nSPS) is 10.4. The van der Waals surface area contributed by atoms with Gasteiger partial charge in [0, 0.05) is 5.56 Å². The van der Waals surface area contributed by atoms with E-state index in [1.54, 1.807) is 36.4 Å². The van der Waals surface area contributed by atoms with Crippen LogP contribution in [0.2, 0.25) is 0 Å². The number of rotatable bonds is 5. The van der Waals surface area contributed by atoms with Crippen molar-refractivity contribution in [2.24, 2.45) is 0 Å². The van der Waals surface area contributed by atoms with Crippen LogP contribution in [0.15, 0.2) is 47.1 Å². The maximum absolute atomic E-state index is 12.1. The Bertz CT molecular complexity index is 898. The van der Waals surface area contributed by atoms with E-state index < -0.39 is 0 Å². The molecule has 128 valence electrons. The topological polar surface area (TPSA) is 110 Å². The number of aliphatic hydroxyl groups excluding tert-OH is 1. The van der Waals surface area contributed by atoms with Crippen LogP contribution in [0, 0.1) is 0 Å². The van der Waals surface area contributed by atoms with Crippen LogP contribution >= 0.6 is 12.2 Å². The smallest absolute Gasteiger partial charge is 0.257 e. The summed E-state index contributed by atoms with van der Waals surface area (Å²) in [5.41, 5.74) is 1.78. The number of thiocarbonyl (C=S) groups is 1. The molecule has 3 aromatic rings. The molecule has 0 unspecified atom stereocenters. The molecule has 0 aliphatic rings. The maximum atomic E-state index is 12.1. The van der Waals surface area contributed by atoms with Gasteiger partial charge in [-0.15, -0.1) is 0 Å². The zero-order chi connectivity index (χ0) is 17.6. The third-order valence-electron chi connectivity index (χ3n) is 3.24. The molecule has 3 rings (SSSR count). The van der Waals surface area contributed by atoms with Crippen LogP contribution in [0.4, 0.5) is 5.69 Å². The molecule has 2 aromatic carbocycles. The lowest BCUT2D eigenvalue weighted by atomic mass is 10.2. The van der Waals surface area contributed by atoms with Gasteiger partial charge < -0.3 is 15.2 Å². The van der Waals surface area contributed by atoms with Gasteiger partial charge >= 0.3 is 0 Å². The number of carbonyl (C=O) groups is 1. The summed E-state index contributed by atoms with van der Waals surface area (Å²) in [6, 6.07) is 12.0. The van der Waals surface area contributed by atoms with Crippen molar-refractivity contribution in [1.82, 2.24) is 15.6 Å². The lowest BCUT2D eigenvalue weighted by molar-refractivity contribution is 0.0977. The van der Waals surface area contributed by atoms with Gasteiger partial charge in [0.25, 0.3) is 5.91 Å². The second kappa shape index (κ2) is 7.69. The molecule has 3 N–H and O–H groups in total. The van der Waals surface area contributed by atoms with Gasteiger partial charge in [-0.1, -0.05) is 18.2 Å². The number of nitrogens with zero attached hydrogens (tertiary/aromatic N) is 2. The number of carbonyl (C=O) groups excluding carboxylic acids is 1. The van der Waals surface area contributed by atoms with E-state index in [-0.39, 0.29) is 24.2 Å². The molecule has 0 fully saturated rings. The number of amides is 1. The lowest BCUT2D eigenvalue weighted by Gasteiger charge is -2.11. The van der Waals surface area contributed by atoms with Crippen LogP contribution in [0.5, 0.6) is 5.75 Å². The minimum Gasteiger partial charge on any atom is -0.489 e. The molecule has 9 heteroatoms. The molecule has 0 spiro atoms.